The lowest BCUT2D eigenvalue weighted by Gasteiger charge is -2.11. The van der Waals surface area contributed by atoms with Crippen LogP contribution in [0.15, 0.2) is 35.3 Å². The lowest BCUT2D eigenvalue weighted by Crippen LogP contribution is -1.97. The quantitative estimate of drug-likeness (QED) is 0.804. The van der Waals surface area contributed by atoms with E-state index in [1.807, 2.05) is 25.1 Å². The molecule has 1 N–H and O–H groups in total. The molecule has 0 fully saturated rings. The van der Waals surface area contributed by atoms with Crippen LogP contribution < -0.4 is 0 Å². The maximum Gasteiger partial charge on any atom is 0.0835 e. The number of aliphatic hydroxyl groups is 1. The molecule has 0 saturated carbocycles. The van der Waals surface area contributed by atoms with Crippen molar-refractivity contribution in [1.29, 1.82) is 0 Å². The Balaban J connectivity index is 2.97. The van der Waals surface area contributed by atoms with Crippen LogP contribution in [0.2, 0.25) is 0 Å². The van der Waals surface area contributed by atoms with E-state index in [9.17, 15) is 5.11 Å². The van der Waals surface area contributed by atoms with Gasteiger partial charge in [-0.2, -0.15) is 0 Å². The Morgan fingerprint density at radius 2 is 2.31 bits per heavy atom. The highest BCUT2D eigenvalue weighted by Gasteiger charge is 2.09. The highest BCUT2D eigenvalue weighted by atomic mass is 79.9. The minimum atomic E-state index is -0.452. The first-order valence-corrected chi connectivity index (χ1v) is 4.99. The third kappa shape index (κ3) is 2.68. The molecule has 13 heavy (non-hydrogen) atoms. The van der Waals surface area contributed by atoms with Crippen LogP contribution >= 0.6 is 15.9 Å². The number of hydrogen-bond acceptors (Lipinski definition) is 1. The zero-order valence-corrected chi connectivity index (χ0v) is 9.21. The van der Waals surface area contributed by atoms with Gasteiger partial charge in [0.15, 0.2) is 0 Å². The van der Waals surface area contributed by atoms with Gasteiger partial charge in [-0.15, -0.1) is 6.58 Å². The second-order valence-electron chi connectivity index (χ2n) is 3.07. The minimum absolute atomic E-state index is 0.452. The maximum atomic E-state index is 9.72. The molecule has 1 rings (SSSR count). The number of halogens is 1. The lowest BCUT2D eigenvalue weighted by atomic mass is 10.0. The van der Waals surface area contributed by atoms with Crippen LogP contribution in [0.5, 0.6) is 0 Å². The monoisotopic (exact) mass is 240 g/mol. The Morgan fingerprint density at radius 1 is 1.62 bits per heavy atom. The molecule has 0 heterocycles. The maximum absolute atomic E-state index is 9.72. The van der Waals surface area contributed by atoms with Gasteiger partial charge in [-0.25, -0.2) is 0 Å². The summed E-state index contributed by atoms with van der Waals surface area (Å²) >= 11 is 3.41. The summed E-state index contributed by atoms with van der Waals surface area (Å²) in [7, 11) is 0. The molecule has 0 amide bonds. The van der Waals surface area contributed by atoms with Gasteiger partial charge in [0.2, 0.25) is 0 Å². The van der Waals surface area contributed by atoms with Crippen molar-refractivity contribution < 1.29 is 5.11 Å². The van der Waals surface area contributed by atoms with E-state index in [2.05, 4.69) is 22.5 Å². The molecule has 0 saturated heterocycles. The molecular formula is C11H13BrO. The number of hydrogen-bond donors (Lipinski definition) is 1. The van der Waals surface area contributed by atoms with E-state index in [0.29, 0.717) is 6.42 Å². The fraction of sp³-hybridized carbons (Fsp3) is 0.273. The zero-order valence-electron chi connectivity index (χ0n) is 7.63. The predicted octanol–water partition coefficient (Wildman–Crippen LogP) is 3.37. The predicted molar refractivity (Wildman–Crippen MR) is 58.7 cm³/mol. The fourth-order valence-corrected chi connectivity index (χ4v) is 1.71. The molecule has 1 aromatic rings. The van der Waals surface area contributed by atoms with Crippen LogP contribution in [0.1, 0.15) is 23.7 Å². The van der Waals surface area contributed by atoms with Gasteiger partial charge in [-0.1, -0.05) is 39.7 Å². The number of aryl methyl sites for hydroxylation is 1. The van der Waals surface area contributed by atoms with E-state index in [1.54, 1.807) is 6.08 Å². The van der Waals surface area contributed by atoms with Crippen molar-refractivity contribution in [1.82, 2.24) is 0 Å². The second-order valence-corrected chi connectivity index (χ2v) is 3.92. The second kappa shape index (κ2) is 4.58. The summed E-state index contributed by atoms with van der Waals surface area (Å²) in [6, 6.07) is 5.95. The largest absolute Gasteiger partial charge is 0.388 e. The van der Waals surface area contributed by atoms with Crippen molar-refractivity contribution in [3.63, 3.8) is 0 Å². The van der Waals surface area contributed by atoms with Crippen molar-refractivity contribution in [3.8, 4) is 0 Å². The Labute approximate surface area is 87.2 Å². The molecule has 0 radical (unpaired) electrons. The first kappa shape index (κ1) is 10.5. The van der Waals surface area contributed by atoms with Gasteiger partial charge in [0, 0.05) is 4.47 Å². The average molecular weight is 241 g/mol. The summed E-state index contributed by atoms with van der Waals surface area (Å²) in [5, 5.41) is 9.72. The number of benzene rings is 1. The Kier molecular flexibility index (Phi) is 3.70. The van der Waals surface area contributed by atoms with E-state index in [4.69, 9.17) is 0 Å². The van der Waals surface area contributed by atoms with Gasteiger partial charge in [-0.3, -0.25) is 0 Å². The zero-order chi connectivity index (χ0) is 9.84. The van der Waals surface area contributed by atoms with Crippen LogP contribution in [0.25, 0.3) is 0 Å². The SMILES string of the molecule is C=CCC(O)c1cc(C)ccc1Br. The molecule has 70 valence electrons. The number of aliphatic hydroxyl groups excluding tert-OH is 1. The summed E-state index contributed by atoms with van der Waals surface area (Å²) in [5.74, 6) is 0. The lowest BCUT2D eigenvalue weighted by molar-refractivity contribution is 0.181. The summed E-state index contributed by atoms with van der Waals surface area (Å²) in [4.78, 5) is 0. The average Bonchev–Trinajstić information content (AvgIpc) is 2.09. The van der Waals surface area contributed by atoms with Gasteiger partial charge >= 0.3 is 0 Å². The molecule has 0 spiro atoms. The van der Waals surface area contributed by atoms with Crippen LogP contribution in [-0.4, -0.2) is 5.11 Å². The molecule has 0 bridgehead atoms. The molecule has 1 nitrogen and oxygen atoms in total. The van der Waals surface area contributed by atoms with E-state index in [0.717, 1.165) is 15.6 Å². The Hall–Kier alpha value is -0.600. The van der Waals surface area contributed by atoms with Crippen LogP contribution in [-0.2, 0) is 0 Å². The highest BCUT2D eigenvalue weighted by molar-refractivity contribution is 9.10. The molecule has 0 aliphatic carbocycles. The van der Waals surface area contributed by atoms with E-state index in [-0.39, 0.29) is 0 Å². The highest BCUT2D eigenvalue weighted by Crippen LogP contribution is 2.26. The van der Waals surface area contributed by atoms with Gasteiger partial charge < -0.3 is 5.11 Å². The summed E-state index contributed by atoms with van der Waals surface area (Å²) in [6.07, 6.45) is 1.85. The fourth-order valence-electron chi connectivity index (χ4n) is 1.20. The number of rotatable bonds is 3. The summed E-state index contributed by atoms with van der Waals surface area (Å²) in [5.41, 5.74) is 2.08. The van der Waals surface area contributed by atoms with Crippen molar-refractivity contribution in [2.24, 2.45) is 0 Å². The molecule has 0 aliphatic heterocycles. The summed E-state index contributed by atoms with van der Waals surface area (Å²) < 4.78 is 0.951. The van der Waals surface area contributed by atoms with Crippen molar-refractivity contribution in [2.75, 3.05) is 0 Å². The van der Waals surface area contributed by atoms with Crippen molar-refractivity contribution in [2.45, 2.75) is 19.4 Å². The molecule has 1 aromatic carbocycles. The van der Waals surface area contributed by atoms with Crippen LogP contribution in [0, 0.1) is 6.92 Å². The standard InChI is InChI=1S/C11H13BrO/c1-3-4-11(13)9-7-8(2)5-6-10(9)12/h3,5-7,11,13H,1,4H2,2H3. The first-order chi connectivity index (χ1) is 6.15. The van der Waals surface area contributed by atoms with Crippen LogP contribution in [0.4, 0.5) is 0 Å². The van der Waals surface area contributed by atoms with Gasteiger partial charge in [-0.05, 0) is 25.0 Å². The Morgan fingerprint density at radius 3 is 2.92 bits per heavy atom. The Bertz CT molecular complexity index is 307. The molecular weight excluding hydrogens is 228 g/mol. The topological polar surface area (TPSA) is 20.2 Å². The van der Waals surface area contributed by atoms with Gasteiger partial charge in [0.05, 0.1) is 6.10 Å². The van der Waals surface area contributed by atoms with E-state index < -0.39 is 6.10 Å². The smallest absolute Gasteiger partial charge is 0.0835 e. The van der Waals surface area contributed by atoms with E-state index in [1.165, 1.54) is 0 Å². The van der Waals surface area contributed by atoms with Crippen LogP contribution in [0.3, 0.4) is 0 Å². The first-order valence-electron chi connectivity index (χ1n) is 4.20. The van der Waals surface area contributed by atoms with Crippen molar-refractivity contribution in [3.05, 3.63) is 46.5 Å². The van der Waals surface area contributed by atoms with Crippen molar-refractivity contribution >= 4 is 15.9 Å². The van der Waals surface area contributed by atoms with Gasteiger partial charge in [0.1, 0.15) is 0 Å². The summed E-state index contributed by atoms with van der Waals surface area (Å²) in [6.45, 7) is 5.61. The molecule has 0 aromatic heterocycles. The normalized spacial score (nSPS) is 12.5. The molecule has 2 heteroatoms. The van der Waals surface area contributed by atoms with Gasteiger partial charge in [0.25, 0.3) is 0 Å². The molecule has 1 unspecified atom stereocenters. The third-order valence-electron chi connectivity index (χ3n) is 1.90. The molecule has 1 atom stereocenters. The molecule has 0 aliphatic rings. The minimum Gasteiger partial charge on any atom is -0.388 e. The van der Waals surface area contributed by atoms with E-state index >= 15 is 0 Å². The third-order valence-corrected chi connectivity index (χ3v) is 2.62.